The van der Waals surface area contributed by atoms with Crippen LogP contribution in [-0.4, -0.2) is 27.8 Å². The van der Waals surface area contributed by atoms with Gasteiger partial charge in [0.15, 0.2) is 0 Å². The highest BCUT2D eigenvalue weighted by molar-refractivity contribution is 7.18. The van der Waals surface area contributed by atoms with Gasteiger partial charge >= 0.3 is 0 Å². The zero-order chi connectivity index (χ0) is 18.6. The van der Waals surface area contributed by atoms with Crippen molar-refractivity contribution in [2.24, 2.45) is 5.73 Å². The SMILES string of the molecule is Cc1ccc(C[C@H](N)CNc2nnc(-c3ccc4cnccc4c3)s2)cc1. The molecule has 0 bridgehead atoms. The van der Waals surface area contributed by atoms with E-state index in [0.717, 1.165) is 32.9 Å². The van der Waals surface area contributed by atoms with Gasteiger partial charge in [-0.2, -0.15) is 0 Å². The van der Waals surface area contributed by atoms with E-state index in [2.05, 4.69) is 69.9 Å². The molecular weight excluding hydrogens is 354 g/mol. The number of rotatable bonds is 6. The number of nitrogens with zero attached hydrogens (tertiary/aromatic N) is 3. The maximum atomic E-state index is 6.26. The Hall–Kier alpha value is -2.83. The molecule has 136 valence electrons. The summed E-state index contributed by atoms with van der Waals surface area (Å²) in [5.74, 6) is 0. The second-order valence-corrected chi connectivity index (χ2v) is 7.66. The van der Waals surface area contributed by atoms with Gasteiger partial charge in [-0.3, -0.25) is 4.98 Å². The highest BCUT2D eigenvalue weighted by Crippen LogP contribution is 2.28. The summed E-state index contributed by atoms with van der Waals surface area (Å²) in [6, 6.07) is 16.8. The van der Waals surface area contributed by atoms with E-state index < -0.39 is 0 Å². The van der Waals surface area contributed by atoms with E-state index in [1.165, 1.54) is 11.1 Å². The number of pyridine rings is 1. The molecular formula is C21H21N5S. The number of hydrogen-bond acceptors (Lipinski definition) is 6. The number of benzene rings is 2. The molecule has 2 aromatic heterocycles. The Kier molecular flexibility index (Phi) is 5.09. The van der Waals surface area contributed by atoms with E-state index in [1.54, 1.807) is 17.5 Å². The molecule has 0 unspecified atom stereocenters. The van der Waals surface area contributed by atoms with Gasteiger partial charge in [0.1, 0.15) is 5.01 Å². The van der Waals surface area contributed by atoms with E-state index in [4.69, 9.17) is 5.73 Å². The molecule has 1 atom stereocenters. The molecule has 4 aromatic rings. The molecule has 2 heterocycles. The second-order valence-electron chi connectivity index (χ2n) is 6.68. The van der Waals surface area contributed by atoms with Crippen LogP contribution in [0.1, 0.15) is 11.1 Å². The molecule has 0 aliphatic heterocycles. The normalized spacial score (nSPS) is 12.2. The van der Waals surface area contributed by atoms with Crippen LogP contribution in [0.15, 0.2) is 60.9 Å². The fraction of sp³-hybridized carbons (Fsp3) is 0.190. The van der Waals surface area contributed by atoms with Crippen LogP contribution in [0, 0.1) is 6.92 Å². The third-order valence-electron chi connectivity index (χ3n) is 4.45. The zero-order valence-corrected chi connectivity index (χ0v) is 15.9. The number of fused-ring (bicyclic) bond motifs is 1. The lowest BCUT2D eigenvalue weighted by atomic mass is 10.1. The van der Waals surface area contributed by atoms with E-state index >= 15 is 0 Å². The first kappa shape index (κ1) is 17.6. The van der Waals surface area contributed by atoms with Crippen molar-refractivity contribution in [1.29, 1.82) is 0 Å². The van der Waals surface area contributed by atoms with Crippen molar-refractivity contribution >= 4 is 27.2 Å². The van der Waals surface area contributed by atoms with Crippen LogP contribution < -0.4 is 11.1 Å². The van der Waals surface area contributed by atoms with E-state index in [9.17, 15) is 0 Å². The number of nitrogens with one attached hydrogen (secondary N) is 1. The third-order valence-corrected chi connectivity index (χ3v) is 5.38. The fourth-order valence-electron chi connectivity index (χ4n) is 2.95. The quantitative estimate of drug-likeness (QED) is 0.532. The van der Waals surface area contributed by atoms with E-state index in [-0.39, 0.29) is 6.04 Å². The van der Waals surface area contributed by atoms with Crippen LogP contribution in [0.5, 0.6) is 0 Å². The Morgan fingerprint density at radius 3 is 2.74 bits per heavy atom. The van der Waals surface area contributed by atoms with Crippen LogP contribution in [0.3, 0.4) is 0 Å². The van der Waals surface area contributed by atoms with Gasteiger partial charge in [0, 0.05) is 35.9 Å². The van der Waals surface area contributed by atoms with Crippen LogP contribution in [0.25, 0.3) is 21.3 Å². The minimum absolute atomic E-state index is 0.0215. The largest absolute Gasteiger partial charge is 0.359 e. The Balaban J connectivity index is 1.39. The Bertz CT molecular complexity index is 1040. The maximum Gasteiger partial charge on any atom is 0.206 e. The minimum atomic E-state index is 0.0215. The van der Waals surface area contributed by atoms with Gasteiger partial charge in [0.25, 0.3) is 0 Å². The highest BCUT2D eigenvalue weighted by Gasteiger charge is 2.09. The Labute approximate surface area is 162 Å². The molecule has 0 radical (unpaired) electrons. The average molecular weight is 376 g/mol. The first-order valence-electron chi connectivity index (χ1n) is 8.90. The molecule has 0 saturated carbocycles. The molecule has 0 saturated heterocycles. The van der Waals surface area contributed by atoms with Crippen molar-refractivity contribution in [3.8, 4) is 10.6 Å². The van der Waals surface area contributed by atoms with Crippen LogP contribution >= 0.6 is 11.3 Å². The fourth-order valence-corrected chi connectivity index (χ4v) is 3.69. The summed E-state index contributed by atoms with van der Waals surface area (Å²) < 4.78 is 0. The summed E-state index contributed by atoms with van der Waals surface area (Å²) in [6.07, 6.45) is 4.49. The Morgan fingerprint density at radius 2 is 1.89 bits per heavy atom. The molecule has 4 rings (SSSR count). The van der Waals surface area contributed by atoms with Gasteiger partial charge in [-0.15, -0.1) is 10.2 Å². The van der Waals surface area contributed by atoms with Gasteiger partial charge in [-0.05, 0) is 36.4 Å². The summed E-state index contributed by atoms with van der Waals surface area (Å²) in [5, 5.41) is 15.8. The maximum absolute atomic E-state index is 6.26. The summed E-state index contributed by atoms with van der Waals surface area (Å²) in [5.41, 5.74) is 9.83. The summed E-state index contributed by atoms with van der Waals surface area (Å²) in [4.78, 5) is 4.15. The second kappa shape index (κ2) is 7.82. The number of aromatic nitrogens is 3. The lowest BCUT2D eigenvalue weighted by Gasteiger charge is -2.12. The molecule has 0 aliphatic carbocycles. The number of nitrogens with two attached hydrogens (primary N) is 1. The van der Waals surface area contributed by atoms with Crippen molar-refractivity contribution < 1.29 is 0 Å². The first-order valence-corrected chi connectivity index (χ1v) is 9.72. The molecule has 0 amide bonds. The molecule has 2 aromatic carbocycles. The number of anilines is 1. The molecule has 0 spiro atoms. The van der Waals surface area contributed by atoms with Crippen molar-refractivity contribution in [2.45, 2.75) is 19.4 Å². The van der Waals surface area contributed by atoms with Gasteiger partial charge in [0.05, 0.1) is 0 Å². The van der Waals surface area contributed by atoms with Gasteiger partial charge < -0.3 is 11.1 Å². The summed E-state index contributed by atoms with van der Waals surface area (Å²) in [6.45, 7) is 2.75. The molecule has 3 N–H and O–H groups in total. The zero-order valence-electron chi connectivity index (χ0n) is 15.1. The number of aryl methyl sites for hydroxylation is 1. The summed E-state index contributed by atoms with van der Waals surface area (Å²) >= 11 is 1.54. The molecule has 0 fully saturated rings. The van der Waals surface area contributed by atoms with E-state index in [0.29, 0.717) is 6.54 Å². The molecule has 6 heteroatoms. The third kappa shape index (κ3) is 4.30. The van der Waals surface area contributed by atoms with Crippen LogP contribution in [-0.2, 0) is 6.42 Å². The lowest BCUT2D eigenvalue weighted by Crippen LogP contribution is -2.31. The average Bonchev–Trinajstić information content (AvgIpc) is 3.17. The molecule has 5 nitrogen and oxygen atoms in total. The first-order chi connectivity index (χ1) is 13.2. The van der Waals surface area contributed by atoms with Gasteiger partial charge in [-0.25, -0.2) is 0 Å². The standard InChI is InChI=1S/C21H21N5S/c1-14-2-4-15(5-3-14)10-19(22)13-24-21-26-25-20(27-21)17-6-7-18-12-23-9-8-16(18)11-17/h2-9,11-12,19H,10,13,22H2,1H3,(H,24,26)/t19-/m0/s1. The van der Waals surface area contributed by atoms with Crippen molar-refractivity contribution in [1.82, 2.24) is 15.2 Å². The number of hydrogen-bond donors (Lipinski definition) is 2. The predicted octanol–water partition coefficient (Wildman–Crippen LogP) is 4.04. The summed E-state index contributed by atoms with van der Waals surface area (Å²) in [7, 11) is 0. The van der Waals surface area contributed by atoms with Crippen molar-refractivity contribution in [3.05, 3.63) is 72.1 Å². The smallest absolute Gasteiger partial charge is 0.206 e. The predicted molar refractivity (Wildman–Crippen MR) is 112 cm³/mol. The topological polar surface area (TPSA) is 76.7 Å². The highest BCUT2D eigenvalue weighted by atomic mass is 32.1. The van der Waals surface area contributed by atoms with Crippen LogP contribution in [0.4, 0.5) is 5.13 Å². The molecule has 27 heavy (non-hydrogen) atoms. The minimum Gasteiger partial charge on any atom is -0.359 e. The van der Waals surface area contributed by atoms with Crippen molar-refractivity contribution in [3.63, 3.8) is 0 Å². The van der Waals surface area contributed by atoms with Crippen molar-refractivity contribution in [2.75, 3.05) is 11.9 Å². The Morgan fingerprint density at radius 1 is 1.04 bits per heavy atom. The van der Waals surface area contributed by atoms with Crippen LogP contribution in [0.2, 0.25) is 0 Å². The lowest BCUT2D eigenvalue weighted by molar-refractivity contribution is 0.698. The van der Waals surface area contributed by atoms with E-state index in [1.807, 2.05) is 12.3 Å². The van der Waals surface area contributed by atoms with Gasteiger partial charge in [0.2, 0.25) is 5.13 Å². The monoisotopic (exact) mass is 375 g/mol. The van der Waals surface area contributed by atoms with Gasteiger partial charge in [-0.1, -0.05) is 53.3 Å². The molecule has 0 aliphatic rings.